The third-order valence-corrected chi connectivity index (χ3v) is 4.49. The second-order valence-electron chi connectivity index (χ2n) is 6.46. The topological polar surface area (TPSA) is 36.9 Å². The van der Waals surface area contributed by atoms with Crippen LogP contribution in [0.2, 0.25) is 0 Å². The highest BCUT2D eigenvalue weighted by Crippen LogP contribution is 2.25. The minimum atomic E-state index is -0.0687. The zero-order valence-electron chi connectivity index (χ0n) is 15.6. The van der Waals surface area contributed by atoms with Gasteiger partial charge in [0, 0.05) is 12.8 Å². The second kappa shape index (κ2) is 9.95. The van der Waals surface area contributed by atoms with E-state index in [2.05, 4.69) is 18.7 Å². The van der Waals surface area contributed by atoms with Crippen LogP contribution >= 0.6 is 0 Å². The van der Waals surface area contributed by atoms with Gasteiger partial charge < -0.3 is 18.9 Å². The second-order valence-corrected chi connectivity index (χ2v) is 6.46. The molecule has 0 aliphatic carbocycles. The van der Waals surface area contributed by atoms with Gasteiger partial charge in [-0.05, 0) is 35.9 Å². The van der Waals surface area contributed by atoms with Crippen molar-refractivity contribution >= 4 is 0 Å². The fraction of sp³-hybridized carbons (Fsp3) is 0.304. The molecule has 1 aliphatic heterocycles. The average molecular weight is 366 g/mol. The van der Waals surface area contributed by atoms with Crippen molar-refractivity contribution in [2.75, 3.05) is 7.11 Å². The molecule has 2 aromatic rings. The molecular weight excluding hydrogens is 340 g/mol. The molecule has 0 aromatic heterocycles. The highest BCUT2D eigenvalue weighted by atomic mass is 16.5. The number of ether oxygens (including phenoxy) is 4. The molecule has 2 aromatic carbocycles. The minimum Gasteiger partial charge on any atom is -0.497 e. The first-order chi connectivity index (χ1) is 13.3. The van der Waals surface area contributed by atoms with Crippen LogP contribution in [0.25, 0.3) is 0 Å². The van der Waals surface area contributed by atoms with Crippen molar-refractivity contribution in [3.8, 4) is 11.5 Å². The van der Waals surface area contributed by atoms with Gasteiger partial charge in [-0.1, -0.05) is 36.4 Å². The lowest BCUT2D eigenvalue weighted by Crippen LogP contribution is -2.35. The Morgan fingerprint density at radius 2 is 1.70 bits per heavy atom. The molecular formula is C23H26O4. The van der Waals surface area contributed by atoms with E-state index in [4.69, 9.17) is 18.9 Å². The first kappa shape index (κ1) is 19.2. The Kier molecular flexibility index (Phi) is 7.08. The number of hydrogen-bond donors (Lipinski definition) is 0. The van der Waals surface area contributed by atoms with Gasteiger partial charge in [-0.25, -0.2) is 0 Å². The summed E-state index contributed by atoms with van der Waals surface area (Å²) >= 11 is 0. The molecule has 1 heterocycles. The van der Waals surface area contributed by atoms with Gasteiger partial charge in [0.2, 0.25) is 0 Å². The van der Waals surface area contributed by atoms with E-state index < -0.39 is 0 Å². The Morgan fingerprint density at radius 3 is 2.41 bits per heavy atom. The first-order valence-corrected chi connectivity index (χ1v) is 9.17. The monoisotopic (exact) mass is 366 g/mol. The lowest BCUT2D eigenvalue weighted by molar-refractivity contribution is -0.0871. The van der Waals surface area contributed by atoms with E-state index in [0.717, 1.165) is 24.3 Å². The summed E-state index contributed by atoms with van der Waals surface area (Å²) in [5.74, 6) is 1.55. The third kappa shape index (κ3) is 5.98. The smallest absolute Gasteiger partial charge is 0.126 e. The van der Waals surface area contributed by atoms with Crippen LogP contribution < -0.4 is 9.47 Å². The molecule has 4 heteroatoms. The van der Waals surface area contributed by atoms with Crippen molar-refractivity contribution in [3.63, 3.8) is 0 Å². The zero-order valence-corrected chi connectivity index (χ0v) is 15.6. The summed E-state index contributed by atoms with van der Waals surface area (Å²) in [7, 11) is 1.64. The van der Waals surface area contributed by atoms with E-state index in [1.807, 2.05) is 54.6 Å². The van der Waals surface area contributed by atoms with Crippen molar-refractivity contribution in [1.82, 2.24) is 0 Å². The SMILES string of the molecule is C=C[C@H]1C[C@H](OCc2ccccc2)C[C@@H](/C=C\Oc2ccc(OC)cc2)O1. The third-order valence-electron chi connectivity index (χ3n) is 4.49. The zero-order chi connectivity index (χ0) is 18.9. The summed E-state index contributed by atoms with van der Waals surface area (Å²) < 4.78 is 22.9. The molecule has 0 radical (unpaired) electrons. The number of benzene rings is 2. The van der Waals surface area contributed by atoms with Gasteiger partial charge in [0.05, 0.1) is 38.3 Å². The van der Waals surface area contributed by atoms with Gasteiger partial charge in [-0.15, -0.1) is 6.58 Å². The fourth-order valence-electron chi connectivity index (χ4n) is 3.01. The Bertz CT molecular complexity index is 724. The Hall–Kier alpha value is -2.56. The van der Waals surface area contributed by atoms with Crippen LogP contribution in [0.1, 0.15) is 18.4 Å². The predicted molar refractivity (Wildman–Crippen MR) is 106 cm³/mol. The average Bonchev–Trinajstić information content (AvgIpc) is 2.73. The molecule has 0 saturated carbocycles. The Morgan fingerprint density at radius 1 is 1.00 bits per heavy atom. The maximum absolute atomic E-state index is 6.11. The molecule has 0 unspecified atom stereocenters. The summed E-state index contributed by atoms with van der Waals surface area (Å²) in [4.78, 5) is 0. The molecule has 142 valence electrons. The van der Waals surface area contributed by atoms with Crippen LogP contribution in [0.5, 0.6) is 11.5 Å². The van der Waals surface area contributed by atoms with E-state index in [1.165, 1.54) is 5.56 Å². The van der Waals surface area contributed by atoms with Crippen LogP contribution in [0.4, 0.5) is 0 Å². The molecule has 0 bridgehead atoms. The molecule has 3 atom stereocenters. The summed E-state index contributed by atoms with van der Waals surface area (Å²) in [5.41, 5.74) is 1.18. The lowest BCUT2D eigenvalue weighted by atomic mass is 10.0. The highest BCUT2D eigenvalue weighted by Gasteiger charge is 2.27. The maximum Gasteiger partial charge on any atom is 0.126 e. The molecule has 1 aliphatic rings. The Labute approximate surface area is 161 Å². The standard InChI is InChI=1S/C23H26O4/c1-3-19-15-23(26-17-18-7-5-4-6-8-18)16-22(27-19)13-14-25-21-11-9-20(24-2)10-12-21/h3-14,19,22-23H,1,15-17H2,2H3/b14-13-/t19-,22+,23-/m0/s1. The molecule has 1 saturated heterocycles. The van der Waals surface area contributed by atoms with Crippen molar-refractivity contribution in [3.05, 3.63) is 85.2 Å². The van der Waals surface area contributed by atoms with Gasteiger partial charge in [0.15, 0.2) is 0 Å². The first-order valence-electron chi connectivity index (χ1n) is 9.17. The van der Waals surface area contributed by atoms with Crippen LogP contribution in [0.15, 0.2) is 79.6 Å². The van der Waals surface area contributed by atoms with Crippen LogP contribution in [-0.4, -0.2) is 25.4 Å². The van der Waals surface area contributed by atoms with E-state index in [1.54, 1.807) is 13.4 Å². The number of methoxy groups -OCH3 is 1. The quantitative estimate of drug-likeness (QED) is 0.491. The molecule has 4 nitrogen and oxygen atoms in total. The van der Waals surface area contributed by atoms with Gasteiger partial charge in [0.25, 0.3) is 0 Å². The molecule has 0 N–H and O–H groups in total. The molecule has 27 heavy (non-hydrogen) atoms. The fourth-order valence-corrected chi connectivity index (χ4v) is 3.01. The van der Waals surface area contributed by atoms with Gasteiger partial charge in [-0.3, -0.25) is 0 Å². The van der Waals surface area contributed by atoms with Crippen molar-refractivity contribution < 1.29 is 18.9 Å². The van der Waals surface area contributed by atoms with Crippen LogP contribution in [0.3, 0.4) is 0 Å². The molecule has 1 fully saturated rings. The summed E-state index contributed by atoms with van der Waals surface area (Å²) in [6.45, 7) is 4.47. The number of hydrogen-bond acceptors (Lipinski definition) is 4. The van der Waals surface area contributed by atoms with Crippen LogP contribution in [-0.2, 0) is 16.1 Å². The Balaban J connectivity index is 1.53. The van der Waals surface area contributed by atoms with Crippen molar-refractivity contribution in [1.29, 1.82) is 0 Å². The van der Waals surface area contributed by atoms with Crippen molar-refractivity contribution in [2.24, 2.45) is 0 Å². The van der Waals surface area contributed by atoms with E-state index in [9.17, 15) is 0 Å². The highest BCUT2D eigenvalue weighted by molar-refractivity contribution is 5.31. The summed E-state index contributed by atoms with van der Waals surface area (Å²) in [5, 5.41) is 0. The molecule has 0 spiro atoms. The predicted octanol–water partition coefficient (Wildman–Crippen LogP) is 4.91. The van der Waals surface area contributed by atoms with E-state index >= 15 is 0 Å². The summed E-state index contributed by atoms with van der Waals surface area (Å²) in [6, 6.07) is 17.7. The van der Waals surface area contributed by atoms with Gasteiger partial charge in [0.1, 0.15) is 11.5 Å². The van der Waals surface area contributed by atoms with Crippen molar-refractivity contribution in [2.45, 2.75) is 37.8 Å². The van der Waals surface area contributed by atoms with E-state index in [-0.39, 0.29) is 18.3 Å². The molecule has 3 rings (SSSR count). The largest absolute Gasteiger partial charge is 0.497 e. The number of rotatable bonds is 8. The van der Waals surface area contributed by atoms with Gasteiger partial charge >= 0.3 is 0 Å². The summed E-state index contributed by atoms with van der Waals surface area (Å²) in [6.07, 6.45) is 7.09. The van der Waals surface area contributed by atoms with Crippen LogP contribution in [0, 0.1) is 0 Å². The lowest BCUT2D eigenvalue weighted by Gasteiger charge is -2.32. The van der Waals surface area contributed by atoms with E-state index in [0.29, 0.717) is 6.61 Å². The van der Waals surface area contributed by atoms with Gasteiger partial charge in [-0.2, -0.15) is 0 Å². The normalized spacial score (nSPS) is 22.5. The maximum atomic E-state index is 6.11. The minimum absolute atomic E-state index is 0.0184. The molecule has 0 amide bonds.